The second-order valence-corrected chi connectivity index (χ2v) is 24.6. The molecule has 5 rings (SSSR count). The van der Waals surface area contributed by atoms with Gasteiger partial charge in [0.2, 0.25) is 23.6 Å². The van der Waals surface area contributed by atoms with Crippen LogP contribution in [0.15, 0.2) is 12.2 Å². The fourth-order valence-electron chi connectivity index (χ4n) is 15.4. The number of likely N-dealkylation sites (N-methyl/N-ethyl adjacent to an activating group) is 1. The van der Waals surface area contributed by atoms with Crippen molar-refractivity contribution in [2.75, 3.05) is 47.0 Å². The summed E-state index contributed by atoms with van der Waals surface area (Å²) < 4.78 is 5.31. The van der Waals surface area contributed by atoms with Gasteiger partial charge in [-0.2, -0.15) is 0 Å². The van der Waals surface area contributed by atoms with Gasteiger partial charge in [0.1, 0.15) is 0 Å². The molecule has 4 saturated carbocycles. The van der Waals surface area contributed by atoms with Crippen molar-refractivity contribution >= 4 is 29.4 Å². The molecule has 1 aliphatic heterocycles. The highest BCUT2D eigenvalue weighted by atomic mass is 16.5. The summed E-state index contributed by atoms with van der Waals surface area (Å²) in [6.07, 6.45) is 38.9. The number of fused-ring (bicyclic) bond motifs is 5. The first-order valence-electron chi connectivity index (χ1n) is 30.1. The van der Waals surface area contributed by atoms with Gasteiger partial charge < -0.3 is 30.3 Å². The summed E-state index contributed by atoms with van der Waals surface area (Å²) in [5.74, 6) is 3.95. The minimum absolute atomic E-state index is 0.0188. The van der Waals surface area contributed by atoms with Crippen molar-refractivity contribution < 1.29 is 33.8 Å². The lowest BCUT2D eigenvalue weighted by Crippen LogP contribution is -2.55. The summed E-state index contributed by atoms with van der Waals surface area (Å²) >= 11 is 0. The number of ether oxygens (including phenoxy) is 1. The van der Waals surface area contributed by atoms with Crippen LogP contribution in [0.1, 0.15) is 233 Å². The molecule has 4 amide bonds. The SMILES string of the molecule is CCCCCCCC/C=C\CCCCCCCC(=O)N[C@H]1CC[C@@]2(C)C(CCC3C4CCC(C(C)CCC(=O)N(CC(=O)CCCCCCC(=O)N5C[C@H](CO)C[C@H]5COC)CC(=O)NC)[C@@]4(C)CCC32)C1. The van der Waals surface area contributed by atoms with Crippen LogP contribution in [0.3, 0.4) is 0 Å². The first kappa shape index (κ1) is 60.1. The van der Waals surface area contributed by atoms with Crippen LogP contribution < -0.4 is 10.6 Å². The van der Waals surface area contributed by atoms with Crippen LogP contribution in [0.4, 0.5) is 0 Å². The van der Waals surface area contributed by atoms with Gasteiger partial charge in [0, 0.05) is 65.0 Å². The standard InChI is InChI=1S/C61H106N4O7/c1-7-8-9-10-11-12-13-14-15-16-17-18-19-20-24-27-56(68)63-49-35-37-60(3)48(40-49)30-31-52-54-33-32-53(61(54,4)38-36-55(52)60)46(2)29-34-58(70)64(43-57(69)62-5)42-51(67)26-23-21-22-25-28-59(71)65-41-47(44-66)39-50(65)45-72-6/h14-15,46-50,52-55,66H,7-13,16-45H2,1-6H3,(H,62,69)(H,63,68)/b15-14-/t46?,47-,48?,49+,50+,52?,53?,54?,55?,60+,61-/m1/s1. The number of amides is 4. The summed E-state index contributed by atoms with van der Waals surface area (Å²) in [5, 5.41) is 15.8. The molecular weight excluding hydrogens is 901 g/mol. The first-order chi connectivity index (χ1) is 34.8. The monoisotopic (exact) mass is 1010 g/mol. The topological polar surface area (TPSA) is 145 Å². The molecule has 11 heteroatoms. The van der Waals surface area contributed by atoms with Gasteiger partial charge in [0.05, 0.1) is 25.7 Å². The molecule has 11 nitrogen and oxygen atoms in total. The van der Waals surface area contributed by atoms with Crippen molar-refractivity contribution in [3.63, 3.8) is 0 Å². The van der Waals surface area contributed by atoms with Crippen molar-refractivity contribution in [2.45, 2.75) is 245 Å². The molecule has 11 atom stereocenters. The van der Waals surface area contributed by atoms with E-state index < -0.39 is 0 Å². The number of carbonyl (C=O) groups is 5. The lowest BCUT2D eigenvalue weighted by atomic mass is 9.44. The van der Waals surface area contributed by atoms with Crippen molar-refractivity contribution in [3.8, 4) is 0 Å². The molecule has 0 aromatic rings. The number of hydrogen-bond donors (Lipinski definition) is 3. The number of unbranched alkanes of at least 4 members (excludes halogenated alkanes) is 14. The Kier molecular flexibility index (Phi) is 26.1. The summed E-state index contributed by atoms with van der Waals surface area (Å²) in [5.41, 5.74) is 0.627. The van der Waals surface area contributed by atoms with Crippen LogP contribution >= 0.6 is 0 Å². The molecule has 3 N–H and O–H groups in total. The molecule has 0 bridgehead atoms. The van der Waals surface area contributed by atoms with E-state index in [9.17, 15) is 29.1 Å². The maximum atomic E-state index is 13.8. The Morgan fingerprint density at radius 2 is 1.36 bits per heavy atom. The van der Waals surface area contributed by atoms with Crippen molar-refractivity contribution in [1.82, 2.24) is 20.4 Å². The highest BCUT2D eigenvalue weighted by Gasteiger charge is 2.60. The molecule has 1 saturated heterocycles. The van der Waals surface area contributed by atoms with Gasteiger partial charge in [0.25, 0.3) is 0 Å². The number of likely N-dealkylation sites (tertiary alicyclic amines) is 1. The number of ketones is 1. The number of aliphatic hydroxyl groups excluding tert-OH is 1. The Morgan fingerprint density at radius 1 is 0.722 bits per heavy atom. The highest BCUT2D eigenvalue weighted by Crippen LogP contribution is 2.68. The zero-order chi connectivity index (χ0) is 51.9. The molecule has 1 heterocycles. The number of rotatable bonds is 34. The maximum Gasteiger partial charge on any atom is 0.239 e. The summed E-state index contributed by atoms with van der Waals surface area (Å²) in [4.78, 5) is 69.0. The van der Waals surface area contributed by atoms with Crippen LogP contribution in [0.5, 0.6) is 0 Å². The summed E-state index contributed by atoms with van der Waals surface area (Å²) in [6, 6.07) is 0.344. The molecule has 0 spiro atoms. The summed E-state index contributed by atoms with van der Waals surface area (Å²) in [6.45, 7) is 10.8. The number of aliphatic hydroxyl groups is 1. The number of nitrogens with zero attached hydrogens (tertiary/aromatic N) is 2. The van der Waals surface area contributed by atoms with Gasteiger partial charge in [-0.1, -0.05) is 104 Å². The molecule has 5 aliphatic rings. The fourth-order valence-corrected chi connectivity index (χ4v) is 15.4. The molecule has 0 aromatic heterocycles. The van der Waals surface area contributed by atoms with Crippen molar-refractivity contribution in [1.29, 1.82) is 0 Å². The van der Waals surface area contributed by atoms with E-state index in [-0.39, 0.29) is 66.5 Å². The maximum absolute atomic E-state index is 13.8. The Hall–Kier alpha value is -2.79. The van der Waals surface area contributed by atoms with E-state index in [0.717, 1.165) is 75.5 Å². The van der Waals surface area contributed by atoms with E-state index in [1.54, 1.807) is 14.2 Å². The Balaban J connectivity index is 0.978. The Bertz CT molecular complexity index is 1690. The van der Waals surface area contributed by atoms with Gasteiger partial charge in [-0.15, -0.1) is 0 Å². The zero-order valence-corrected chi connectivity index (χ0v) is 46.8. The van der Waals surface area contributed by atoms with Crippen LogP contribution in [0.2, 0.25) is 0 Å². The molecule has 4 aliphatic carbocycles. The molecule has 6 unspecified atom stereocenters. The third-order valence-electron chi connectivity index (χ3n) is 19.6. The minimum Gasteiger partial charge on any atom is -0.396 e. The van der Waals surface area contributed by atoms with E-state index in [1.165, 1.54) is 120 Å². The second-order valence-electron chi connectivity index (χ2n) is 24.6. The quantitative estimate of drug-likeness (QED) is 0.0430. The largest absolute Gasteiger partial charge is 0.396 e. The number of hydrogen-bond acceptors (Lipinski definition) is 7. The normalized spacial score (nSPS) is 29.3. The van der Waals surface area contributed by atoms with Crippen molar-refractivity contribution in [3.05, 3.63) is 12.2 Å². The van der Waals surface area contributed by atoms with E-state index in [0.29, 0.717) is 74.5 Å². The van der Waals surface area contributed by atoms with Gasteiger partial charge in [-0.3, -0.25) is 24.0 Å². The minimum atomic E-state index is -0.265. The molecule has 0 aromatic carbocycles. The predicted octanol–water partition coefficient (Wildman–Crippen LogP) is 11.9. The zero-order valence-electron chi connectivity index (χ0n) is 46.8. The number of methoxy groups -OCH3 is 1. The Labute approximate surface area is 438 Å². The van der Waals surface area contributed by atoms with Crippen LogP contribution in [0.25, 0.3) is 0 Å². The first-order valence-corrected chi connectivity index (χ1v) is 30.1. The second kappa shape index (κ2) is 31.3. The van der Waals surface area contributed by atoms with Gasteiger partial charge in [0.15, 0.2) is 5.78 Å². The van der Waals surface area contributed by atoms with E-state index in [1.807, 2.05) is 4.90 Å². The van der Waals surface area contributed by atoms with Gasteiger partial charge >= 0.3 is 0 Å². The summed E-state index contributed by atoms with van der Waals surface area (Å²) in [7, 11) is 3.20. The van der Waals surface area contributed by atoms with Crippen LogP contribution in [0, 0.1) is 52.3 Å². The highest BCUT2D eigenvalue weighted by molar-refractivity contribution is 5.89. The van der Waals surface area contributed by atoms with Crippen LogP contribution in [-0.4, -0.2) is 103 Å². The third-order valence-corrected chi connectivity index (χ3v) is 19.6. The lowest BCUT2D eigenvalue weighted by Gasteiger charge is -2.61. The molecule has 72 heavy (non-hydrogen) atoms. The van der Waals surface area contributed by atoms with Gasteiger partial charge in [-0.05, 0) is 162 Å². The van der Waals surface area contributed by atoms with E-state index in [2.05, 4.69) is 50.5 Å². The van der Waals surface area contributed by atoms with E-state index >= 15 is 0 Å². The number of carbonyl (C=O) groups excluding carboxylic acids is 5. The number of Topliss-reactive ketones (excluding diaryl/α,β-unsaturated/α-hetero) is 1. The fraction of sp³-hybridized carbons (Fsp3) is 0.885. The lowest BCUT2D eigenvalue weighted by molar-refractivity contribution is -0.139. The molecule has 5 fully saturated rings. The third kappa shape index (κ3) is 17.6. The van der Waals surface area contributed by atoms with Crippen molar-refractivity contribution in [2.24, 2.45) is 52.3 Å². The van der Waals surface area contributed by atoms with Gasteiger partial charge in [-0.25, -0.2) is 0 Å². The average molecular weight is 1010 g/mol. The molecular formula is C61H106N4O7. The number of nitrogens with one attached hydrogen (secondary N) is 2. The smallest absolute Gasteiger partial charge is 0.239 e. The molecule has 0 radical (unpaired) electrons. The average Bonchev–Trinajstić information content (AvgIpc) is 3.96. The predicted molar refractivity (Wildman–Crippen MR) is 291 cm³/mol. The molecule has 412 valence electrons. The number of allylic oxidation sites excluding steroid dienone is 2. The van der Waals surface area contributed by atoms with E-state index in [4.69, 9.17) is 4.74 Å². The Morgan fingerprint density at radius 3 is 2.04 bits per heavy atom. The van der Waals surface area contributed by atoms with Crippen LogP contribution in [-0.2, 0) is 28.7 Å².